The first kappa shape index (κ1) is 12.1. The van der Waals surface area contributed by atoms with Gasteiger partial charge in [0.25, 0.3) is 0 Å². The molecule has 2 N–H and O–H groups in total. The van der Waals surface area contributed by atoms with E-state index in [1.54, 1.807) is 13.8 Å². The minimum atomic E-state index is -0.796. The van der Waals surface area contributed by atoms with Crippen LogP contribution in [0.5, 0.6) is 0 Å². The molecule has 0 spiro atoms. The highest BCUT2D eigenvalue weighted by atomic mass is 19.1. The van der Waals surface area contributed by atoms with Crippen LogP contribution >= 0.6 is 0 Å². The van der Waals surface area contributed by atoms with E-state index in [1.165, 1.54) is 19.2 Å². The lowest BCUT2D eigenvalue weighted by Crippen LogP contribution is -2.27. The van der Waals surface area contributed by atoms with Gasteiger partial charge in [-0.25, -0.2) is 8.78 Å². The molecular formula is C11H15F2NO. The van der Waals surface area contributed by atoms with Crippen LogP contribution in [-0.4, -0.2) is 13.2 Å². The summed E-state index contributed by atoms with van der Waals surface area (Å²) >= 11 is 0. The van der Waals surface area contributed by atoms with Crippen molar-refractivity contribution in [1.29, 1.82) is 0 Å². The minimum absolute atomic E-state index is 0.107. The SMILES string of the molecule is COC(C)C(N)c1c(F)ccc(C)c1F. The van der Waals surface area contributed by atoms with E-state index in [-0.39, 0.29) is 5.56 Å². The average Bonchev–Trinajstić information content (AvgIpc) is 2.22. The molecule has 2 unspecified atom stereocenters. The van der Waals surface area contributed by atoms with Gasteiger partial charge in [0, 0.05) is 12.7 Å². The lowest BCUT2D eigenvalue weighted by Gasteiger charge is -2.20. The van der Waals surface area contributed by atoms with Gasteiger partial charge in [-0.2, -0.15) is 0 Å². The summed E-state index contributed by atoms with van der Waals surface area (Å²) < 4.78 is 32.0. The lowest BCUT2D eigenvalue weighted by atomic mass is 9.99. The van der Waals surface area contributed by atoms with Crippen LogP contribution in [-0.2, 0) is 4.74 Å². The fraction of sp³-hybridized carbons (Fsp3) is 0.455. The van der Waals surface area contributed by atoms with E-state index in [4.69, 9.17) is 10.5 Å². The van der Waals surface area contributed by atoms with Crippen molar-refractivity contribution in [3.05, 3.63) is 34.9 Å². The number of benzene rings is 1. The molecule has 0 heterocycles. The molecule has 1 aromatic carbocycles. The van der Waals surface area contributed by atoms with Gasteiger partial charge in [-0.3, -0.25) is 0 Å². The van der Waals surface area contributed by atoms with E-state index in [0.29, 0.717) is 5.56 Å². The summed E-state index contributed by atoms with van der Waals surface area (Å²) in [6.45, 7) is 3.24. The zero-order valence-electron chi connectivity index (χ0n) is 9.05. The molecule has 0 bridgehead atoms. The molecule has 0 radical (unpaired) electrons. The van der Waals surface area contributed by atoms with Crippen LogP contribution in [0.1, 0.15) is 24.1 Å². The Hall–Kier alpha value is -1.00. The Bertz CT molecular complexity index is 355. The number of hydrogen-bond acceptors (Lipinski definition) is 2. The predicted octanol–water partition coefficient (Wildman–Crippen LogP) is 2.31. The molecule has 0 amide bonds. The molecule has 2 nitrogen and oxygen atoms in total. The Morgan fingerprint density at radius 3 is 2.47 bits per heavy atom. The molecule has 0 saturated heterocycles. The molecule has 84 valence electrons. The Kier molecular flexibility index (Phi) is 3.77. The van der Waals surface area contributed by atoms with Crippen molar-refractivity contribution in [2.24, 2.45) is 5.73 Å². The average molecular weight is 215 g/mol. The Morgan fingerprint density at radius 1 is 1.33 bits per heavy atom. The summed E-state index contributed by atoms with van der Waals surface area (Å²) in [4.78, 5) is 0. The van der Waals surface area contributed by atoms with Crippen LogP contribution in [0.4, 0.5) is 8.78 Å². The maximum atomic E-state index is 13.6. The first-order chi connectivity index (χ1) is 6.99. The Labute approximate surface area is 88.0 Å². The van der Waals surface area contributed by atoms with Gasteiger partial charge >= 0.3 is 0 Å². The molecule has 0 fully saturated rings. The first-order valence-electron chi connectivity index (χ1n) is 4.72. The van der Waals surface area contributed by atoms with Gasteiger partial charge in [0.05, 0.1) is 12.1 Å². The van der Waals surface area contributed by atoms with Crippen LogP contribution < -0.4 is 5.73 Å². The zero-order chi connectivity index (χ0) is 11.6. The normalized spacial score (nSPS) is 15.1. The van der Waals surface area contributed by atoms with E-state index in [1.807, 2.05) is 0 Å². The number of nitrogens with two attached hydrogens (primary N) is 1. The van der Waals surface area contributed by atoms with Crippen molar-refractivity contribution in [3.8, 4) is 0 Å². The third-order valence-corrected chi connectivity index (χ3v) is 2.53. The molecule has 0 saturated carbocycles. The van der Waals surface area contributed by atoms with Crippen molar-refractivity contribution in [2.75, 3.05) is 7.11 Å². The predicted molar refractivity (Wildman–Crippen MR) is 54.5 cm³/mol. The second-order valence-corrected chi connectivity index (χ2v) is 3.56. The number of rotatable bonds is 3. The van der Waals surface area contributed by atoms with Gasteiger partial charge in [-0.15, -0.1) is 0 Å². The minimum Gasteiger partial charge on any atom is -0.380 e. The van der Waals surface area contributed by atoms with E-state index in [9.17, 15) is 8.78 Å². The highest BCUT2D eigenvalue weighted by Gasteiger charge is 2.22. The molecule has 0 aliphatic rings. The number of halogens is 2. The van der Waals surface area contributed by atoms with Crippen LogP contribution in [0.2, 0.25) is 0 Å². The smallest absolute Gasteiger partial charge is 0.133 e. The van der Waals surface area contributed by atoms with Crippen LogP contribution in [0.15, 0.2) is 12.1 Å². The number of aryl methyl sites for hydroxylation is 1. The largest absolute Gasteiger partial charge is 0.380 e. The van der Waals surface area contributed by atoms with Crippen LogP contribution in [0.3, 0.4) is 0 Å². The number of ether oxygens (including phenoxy) is 1. The highest BCUT2D eigenvalue weighted by Crippen LogP contribution is 2.24. The summed E-state index contributed by atoms with van der Waals surface area (Å²) in [5.41, 5.74) is 5.99. The molecule has 0 aliphatic carbocycles. The van der Waals surface area contributed by atoms with Gasteiger partial charge in [0.15, 0.2) is 0 Å². The maximum Gasteiger partial charge on any atom is 0.133 e. The Balaban J connectivity index is 3.18. The van der Waals surface area contributed by atoms with Crippen molar-refractivity contribution in [1.82, 2.24) is 0 Å². The van der Waals surface area contributed by atoms with E-state index in [2.05, 4.69) is 0 Å². The van der Waals surface area contributed by atoms with Crippen LogP contribution in [0, 0.1) is 18.6 Å². The third-order valence-electron chi connectivity index (χ3n) is 2.53. The third kappa shape index (κ3) is 2.33. The molecule has 0 aliphatic heterocycles. The zero-order valence-corrected chi connectivity index (χ0v) is 9.05. The monoisotopic (exact) mass is 215 g/mol. The summed E-state index contributed by atoms with van der Waals surface area (Å²) in [7, 11) is 1.45. The van der Waals surface area contributed by atoms with Gasteiger partial charge in [0.1, 0.15) is 11.6 Å². The first-order valence-corrected chi connectivity index (χ1v) is 4.72. The second kappa shape index (κ2) is 4.68. The van der Waals surface area contributed by atoms with Crippen LogP contribution in [0.25, 0.3) is 0 Å². The molecule has 1 aromatic rings. The maximum absolute atomic E-state index is 13.6. The fourth-order valence-corrected chi connectivity index (χ4v) is 1.37. The van der Waals surface area contributed by atoms with Crippen molar-refractivity contribution < 1.29 is 13.5 Å². The number of methoxy groups -OCH3 is 1. The van der Waals surface area contributed by atoms with Gasteiger partial charge in [-0.1, -0.05) is 6.07 Å². The molecule has 4 heteroatoms. The van der Waals surface area contributed by atoms with Gasteiger partial charge in [-0.05, 0) is 25.5 Å². The lowest BCUT2D eigenvalue weighted by molar-refractivity contribution is 0.0933. The molecule has 1 rings (SSSR count). The molecule has 2 atom stereocenters. The van der Waals surface area contributed by atoms with Crippen molar-refractivity contribution in [2.45, 2.75) is 26.0 Å². The molecular weight excluding hydrogens is 200 g/mol. The standard InChI is InChI=1S/C11H15F2NO/c1-6-4-5-8(12)9(10(6)13)11(14)7(2)15-3/h4-5,7,11H,14H2,1-3H3. The quantitative estimate of drug-likeness (QED) is 0.839. The molecule has 15 heavy (non-hydrogen) atoms. The van der Waals surface area contributed by atoms with Crippen molar-refractivity contribution in [3.63, 3.8) is 0 Å². The second-order valence-electron chi connectivity index (χ2n) is 3.56. The summed E-state index contributed by atoms with van der Waals surface area (Å²) in [6.07, 6.45) is -0.434. The summed E-state index contributed by atoms with van der Waals surface area (Å²) in [5.74, 6) is -1.22. The van der Waals surface area contributed by atoms with E-state index >= 15 is 0 Å². The Morgan fingerprint density at radius 2 is 1.93 bits per heavy atom. The van der Waals surface area contributed by atoms with Gasteiger partial charge < -0.3 is 10.5 Å². The van der Waals surface area contributed by atoms with Crippen molar-refractivity contribution >= 4 is 0 Å². The van der Waals surface area contributed by atoms with E-state index < -0.39 is 23.8 Å². The molecule has 0 aromatic heterocycles. The van der Waals surface area contributed by atoms with Gasteiger partial charge in [0.2, 0.25) is 0 Å². The topological polar surface area (TPSA) is 35.2 Å². The fourth-order valence-electron chi connectivity index (χ4n) is 1.37. The highest BCUT2D eigenvalue weighted by molar-refractivity contribution is 5.29. The van der Waals surface area contributed by atoms with E-state index in [0.717, 1.165) is 0 Å². The summed E-state index contributed by atoms with van der Waals surface area (Å²) in [5, 5.41) is 0. The number of hydrogen-bond donors (Lipinski definition) is 1. The summed E-state index contributed by atoms with van der Waals surface area (Å²) in [6, 6.07) is 1.81.